The molecule has 0 radical (unpaired) electrons. The van der Waals surface area contributed by atoms with Crippen LogP contribution in [0.3, 0.4) is 0 Å². The SMILES string of the molecule is Cn1ncnc1COc1nc2c(-c3ccc(F)cc3)nnn2cc1-c1ccccc1. The van der Waals surface area contributed by atoms with Crippen LogP contribution in [0.1, 0.15) is 5.82 Å². The average Bonchev–Trinajstić information content (AvgIpc) is 3.38. The number of hydrogen-bond donors (Lipinski definition) is 0. The fraction of sp³-hybridized carbons (Fsp3) is 0.0952. The molecule has 3 aromatic heterocycles. The average molecular weight is 401 g/mol. The minimum absolute atomic E-state index is 0.201. The summed E-state index contributed by atoms with van der Waals surface area (Å²) in [6.07, 6.45) is 3.30. The maximum absolute atomic E-state index is 13.3. The van der Waals surface area contributed by atoms with Crippen molar-refractivity contribution in [2.45, 2.75) is 6.61 Å². The first-order valence-corrected chi connectivity index (χ1v) is 9.22. The highest BCUT2D eigenvalue weighted by Crippen LogP contribution is 2.31. The molecule has 0 amide bonds. The molecule has 0 aliphatic rings. The number of halogens is 1. The third kappa shape index (κ3) is 3.26. The maximum Gasteiger partial charge on any atom is 0.225 e. The monoisotopic (exact) mass is 401 g/mol. The molecule has 0 saturated carbocycles. The molecule has 0 saturated heterocycles. The van der Waals surface area contributed by atoms with Crippen LogP contribution in [-0.4, -0.2) is 34.6 Å². The van der Waals surface area contributed by atoms with Crippen molar-refractivity contribution in [3.8, 4) is 28.3 Å². The summed E-state index contributed by atoms with van der Waals surface area (Å²) in [6.45, 7) is 0.201. The Hall–Kier alpha value is -4.14. The summed E-state index contributed by atoms with van der Waals surface area (Å²) in [5, 5.41) is 12.5. The smallest absolute Gasteiger partial charge is 0.225 e. The summed E-state index contributed by atoms with van der Waals surface area (Å²) in [4.78, 5) is 8.90. The van der Waals surface area contributed by atoms with Crippen molar-refractivity contribution in [1.29, 1.82) is 0 Å². The summed E-state index contributed by atoms with van der Waals surface area (Å²) in [5.74, 6) is 0.769. The van der Waals surface area contributed by atoms with E-state index in [1.165, 1.54) is 18.5 Å². The Labute approximate surface area is 170 Å². The molecule has 0 aliphatic heterocycles. The van der Waals surface area contributed by atoms with Crippen molar-refractivity contribution >= 4 is 5.65 Å². The highest BCUT2D eigenvalue weighted by Gasteiger charge is 2.17. The zero-order chi connectivity index (χ0) is 20.5. The Morgan fingerprint density at radius 1 is 1.00 bits per heavy atom. The van der Waals surface area contributed by atoms with Gasteiger partial charge in [-0.25, -0.2) is 13.9 Å². The van der Waals surface area contributed by atoms with Gasteiger partial charge in [0.1, 0.15) is 24.4 Å². The summed E-state index contributed by atoms with van der Waals surface area (Å²) in [6, 6.07) is 15.8. The van der Waals surface area contributed by atoms with E-state index in [0.717, 1.165) is 11.1 Å². The maximum atomic E-state index is 13.3. The zero-order valence-corrected chi connectivity index (χ0v) is 16.0. The van der Waals surface area contributed by atoms with Gasteiger partial charge in [-0.1, -0.05) is 35.5 Å². The van der Waals surface area contributed by atoms with E-state index < -0.39 is 0 Å². The molecule has 3 heterocycles. The molecule has 5 rings (SSSR count). The molecular weight excluding hydrogens is 385 g/mol. The first kappa shape index (κ1) is 17.9. The lowest BCUT2D eigenvalue weighted by atomic mass is 10.1. The number of aromatic nitrogens is 7. The van der Waals surface area contributed by atoms with Gasteiger partial charge in [0, 0.05) is 18.8 Å². The quantitative estimate of drug-likeness (QED) is 0.449. The lowest BCUT2D eigenvalue weighted by molar-refractivity contribution is 0.280. The predicted molar refractivity (Wildman–Crippen MR) is 107 cm³/mol. The Kier molecular flexibility index (Phi) is 4.40. The van der Waals surface area contributed by atoms with E-state index in [-0.39, 0.29) is 12.4 Å². The Balaban J connectivity index is 1.62. The lowest BCUT2D eigenvalue weighted by Crippen LogP contribution is -2.07. The van der Waals surface area contributed by atoms with Crippen LogP contribution in [0.4, 0.5) is 4.39 Å². The molecule has 0 spiro atoms. The molecule has 8 nitrogen and oxygen atoms in total. The second-order valence-corrected chi connectivity index (χ2v) is 6.63. The summed E-state index contributed by atoms with van der Waals surface area (Å²) < 4.78 is 22.6. The second-order valence-electron chi connectivity index (χ2n) is 6.63. The van der Waals surface area contributed by atoms with Crippen molar-refractivity contribution in [1.82, 2.24) is 34.6 Å². The van der Waals surface area contributed by atoms with Crippen LogP contribution in [0.5, 0.6) is 5.88 Å². The molecule has 0 aliphatic carbocycles. The number of hydrogen-bond acceptors (Lipinski definition) is 6. The number of rotatable bonds is 5. The highest BCUT2D eigenvalue weighted by atomic mass is 19.1. The van der Waals surface area contributed by atoms with E-state index in [9.17, 15) is 4.39 Å². The molecule has 30 heavy (non-hydrogen) atoms. The van der Waals surface area contributed by atoms with Gasteiger partial charge in [-0.2, -0.15) is 10.1 Å². The van der Waals surface area contributed by atoms with Gasteiger partial charge in [-0.15, -0.1) is 5.10 Å². The van der Waals surface area contributed by atoms with Crippen LogP contribution < -0.4 is 4.74 Å². The van der Waals surface area contributed by atoms with Crippen LogP contribution in [0.15, 0.2) is 67.1 Å². The van der Waals surface area contributed by atoms with Crippen molar-refractivity contribution in [2.75, 3.05) is 0 Å². The number of aryl methyl sites for hydroxylation is 1. The first-order valence-electron chi connectivity index (χ1n) is 9.22. The van der Waals surface area contributed by atoms with Gasteiger partial charge in [-0.3, -0.25) is 4.68 Å². The Morgan fingerprint density at radius 2 is 1.80 bits per heavy atom. The van der Waals surface area contributed by atoms with Crippen molar-refractivity contribution in [2.24, 2.45) is 7.05 Å². The molecule has 2 aromatic carbocycles. The molecule has 9 heteroatoms. The van der Waals surface area contributed by atoms with Gasteiger partial charge >= 0.3 is 0 Å². The van der Waals surface area contributed by atoms with Gasteiger partial charge in [0.2, 0.25) is 5.88 Å². The third-order valence-electron chi connectivity index (χ3n) is 4.70. The van der Waals surface area contributed by atoms with Crippen molar-refractivity contribution < 1.29 is 9.13 Å². The van der Waals surface area contributed by atoms with E-state index in [1.807, 2.05) is 36.5 Å². The highest BCUT2D eigenvalue weighted by molar-refractivity contribution is 5.76. The molecular formula is C21H16FN7O. The van der Waals surface area contributed by atoms with E-state index in [4.69, 9.17) is 9.72 Å². The fourth-order valence-corrected chi connectivity index (χ4v) is 3.12. The van der Waals surface area contributed by atoms with Gasteiger partial charge in [-0.05, 0) is 29.8 Å². The normalized spacial score (nSPS) is 11.1. The molecule has 0 atom stereocenters. The van der Waals surface area contributed by atoms with Gasteiger partial charge in [0.15, 0.2) is 11.5 Å². The minimum Gasteiger partial charge on any atom is -0.469 e. The number of benzene rings is 2. The Morgan fingerprint density at radius 3 is 2.53 bits per heavy atom. The van der Waals surface area contributed by atoms with E-state index in [2.05, 4.69) is 20.4 Å². The fourth-order valence-electron chi connectivity index (χ4n) is 3.12. The van der Waals surface area contributed by atoms with Crippen LogP contribution in [0.25, 0.3) is 28.0 Å². The third-order valence-corrected chi connectivity index (χ3v) is 4.70. The first-order chi connectivity index (χ1) is 14.7. The van der Waals surface area contributed by atoms with Gasteiger partial charge in [0.05, 0.1) is 5.56 Å². The van der Waals surface area contributed by atoms with Crippen LogP contribution in [0.2, 0.25) is 0 Å². The van der Waals surface area contributed by atoms with E-state index >= 15 is 0 Å². The van der Waals surface area contributed by atoms with Crippen molar-refractivity contribution in [3.05, 3.63) is 78.8 Å². The van der Waals surface area contributed by atoms with E-state index in [1.54, 1.807) is 28.4 Å². The largest absolute Gasteiger partial charge is 0.469 e. The van der Waals surface area contributed by atoms with E-state index in [0.29, 0.717) is 28.6 Å². The Bertz CT molecular complexity index is 1310. The second kappa shape index (κ2) is 7.36. The summed E-state index contributed by atoms with van der Waals surface area (Å²) in [7, 11) is 1.80. The number of ether oxygens (including phenoxy) is 1. The molecule has 0 N–H and O–H groups in total. The predicted octanol–water partition coefficient (Wildman–Crippen LogP) is 3.30. The van der Waals surface area contributed by atoms with Gasteiger partial charge in [0.25, 0.3) is 0 Å². The number of fused-ring (bicyclic) bond motifs is 1. The molecule has 0 unspecified atom stereocenters. The minimum atomic E-state index is -0.317. The lowest BCUT2D eigenvalue weighted by Gasteiger charge is -2.11. The van der Waals surface area contributed by atoms with Crippen LogP contribution in [0, 0.1) is 5.82 Å². The van der Waals surface area contributed by atoms with Crippen LogP contribution >= 0.6 is 0 Å². The topological polar surface area (TPSA) is 83.0 Å². The standard InChI is InChI=1S/C21H16FN7O/c1-28-18(23-13-24-28)12-30-21-17(14-5-3-2-4-6-14)11-29-20(25-21)19(26-27-29)15-7-9-16(22)10-8-15/h2-11,13H,12H2,1H3. The summed E-state index contributed by atoms with van der Waals surface area (Å²) >= 11 is 0. The number of nitrogens with zero attached hydrogens (tertiary/aromatic N) is 7. The van der Waals surface area contributed by atoms with Crippen molar-refractivity contribution in [3.63, 3.8) is 0 Å². The summed E-state index contributed by atoms with van der Waals surface area (Å²) in [5.41, 5.74) is 3.46. The molecule has 0 bridgehead atoms. The molecule has 5 aromatic rings. The van der Waals surface area contributed by atoms with Gasteiger partial charge < -0.3 is 4.74 Å². The van der Waals surface area contributed by atoms with Crippen LogP contribution in [-0.2, 0) is 13.7 Å². The molecule has 0 fully saturated rings. The molecule has 148 valence electrons. The zero-order valence-electron chi connectivity index (χ0n) is 16.0.